The van der Waals surface area contributed by atoms with E-state index in [0.717, 1.165) is 22.0 Å². The zero-order valence-electron chi connectivity index (χ0n) is 8.44. The summed E-state index contributed by atoms with van der Waals surface area (Å²) in [6, 6.07) is 10.3. The van der Waals surface area contributed by atoms with E-state index in [9.17, 15) is 0 Å². The summed E-state index contributed by atoms with van der Waals surface area (Å²) in [7, 11) is 0. The highest BCUT2D eigenvalue weighted by Crippen LogP contribution is 2.22. The molecule has 0 N–H and O–H groups in total. The summed E-state index contributed by atoms with van der Waals surface area (Å²) >= 11 is 0. The van der Waals surface area contributed by atoms with Crippen molar-refractivity contribution in [2.75, 3.05) is 0 Å². The second-order valence-electron chi connectivity index (χ2n) is 3.69. The smallest absolute Gasteiger partial charge is 0.0741 e. The van der Waals surface area contributed by atoms with Crippen molar-refractivity contribution in [3.05, 3.63) is 48.4 Å². The molecule has 0 spiro atoms. The first-order valence-corrected chi connectivity index (χ1v) is 4.95. The van der Waals surface area contributed by atoms with Crippen LogP contribution < -0.4 is 0 Å². The standard InChI is InChI=1S/C13H10N2/c1-9-6-13-12(8-14-9)11-5-3-2-4-10(11)7-15-13/h2-8H,1H3. The summed E-state index contributed by atoms with van der Waals surface area (Å²) in [5, 5.41) is 3.50. The number of benzene rings is 1. The fraction of sp³-hybridized carbons (Fsp3) is 0.0769. The van der Waals surface area contributed by atoms with Gasteiger partial charge in [0.25, 0.3) is 0 Å². The van der Waals surface area contributed by atoms with Gasteiger partial charge in [-0.05, 0) is 18.4 Å². The molecule has 0 aliphatic rings. The van der Waals surface area contributed by atoms with Crippen molar-refractivity contribution < 1.29 is 0 Å². The molecule has 0 amide bonds. The van der Waals surface area contributed by atoms with Gasteiger partial charge in [-0.15, -0.1) is 0 Å². The van der Waals surface area contributed by atoms with Crippen LogP contribution in [0.5, 0.6) is 0 Å². The largest absolute Gasteiger partial charge is 0.261 e. The molecule has 0 saturated carbocycles. The molecule has 3 rings (SSSR count). The van der Waals surface area contributed by atoms with Gasteiger partial charge in [-0.25, -0.2) is 0 Å². The molecule has 2 nitrogen and oxygen atoms in total. The lowest BCUT2D eigenvalue weighted by Crippen LogP contribution is -1.85. The van der Waals surface area contributed by atoms with Crippen LogP contribution in [0, 0.1) is 6.92 Å². The molecule has 1 aromatic carbocycles. The average molecular weight is 194 g/mol. The van der Waals surface area contributed by atoms with Crippen molar-refractivity contribution in [2.45, 2.75) is 6.92 Å². The topological polar surface area (TPSA) is 25.8 Å². The molecule has 72 valence electrons. The van der Waals surface area contributed by atoms with Gasteiger partial charge in [-0.1, -0.05) is 24.3 Å². The van der Waals surface area contributed by atoms with Gasteiger partial charge in [0.2, 0.25) is 0 Å². The molecule has 0 fully saturated rings. The molecule has 15 heavy (non-hydrogen) atoms. The Morgan fingerprint density at radius 3 is 2.73 bits per heavy atom. The molecule has 0 unspecified atom stereocenters. The van der Waals surface area contributed by atoms with E-state index in [2.05, 4.69) is 22.1 Å². The zero-order valence-corrected chi connectivity index (χ0v) is 8.44. The maximum Gasteiger partial charge on any atom is 0.0741 e. The van der Waals surface area contributed by atoms with Crippen LogP contribution in [0.1, 0.15) is 5.69 Å². The van der Waals surface area contributed by atoms with E-state index in [-0.39, 0.29) is 0 Å². The van der Waals surface area contributed by atoms with E-state index in [4.69, 9.17) is 0 Å². The van der Waals surface area contributed by atoms with E-state index in [1.807, 2.05) is 37.5 Å². The van der Waals surface area contributed by atoms with E-state index in [1.165, 1.54) is 5.39 Å². The number of hydrogen-bond donors (Lipinski definition) is 0. The van der Waals surface area contributed by atoms with Crippen molar-refractivity contribution in [2.24, 2.45) is 0 Å². The Morgan fingerprint density at radius 1 is 0.933 bits per heavy atom. The number of nitrogens with zero attached hydrogens (tertiary/aromatic N) is 2. The molecule has 0 radical (unpaired) electrons. The van der Waals surface area contributed by atoms with Gasteiger partial charge >= 0.3 is 0 Å². The fourth-order valence-electron chi connectivity index (χ4n) is 1.85. The quantitative estimate of drug-likeness (QED) is 0.514. The average Bonchev–Trinajstić information content (AvgIpc) is 2.28. The van der Waals surface area contributed by atoms with E-state index < -0.39 is 0 Å². The molecule has 0 atom stereocenters. The number of fused-ring (bicyclic) bond motifs is 3. The van der Waals surface area contributed by atoms with Crippen LogP contribution >= 0.6 is 0 Å². The zero-order chi connectivity index (χ0) is 10.3. The highest BCUT2D eigenvalue weighted by atomic mass is 14.7. The third-order valence-electron chi connectivity index (χ3n) is 2.61. The van der Waals surface area contributed by atoms with Gasteiger partial charge in [0, 0.05) is 28.9 Å². The summed E-state index contributed by atoms with van der Waals surface area (Å²) in [6.45, 7) is 1.98. The molecule has 2 heterocycles. The van der Waals surface area contributed by atoms with Gasteiger partial charge in [0.05, 0.1) is 5.52 Å². The highest BCUT2D eigenvalue weighted by Gasteiger charge is 2.01. The number of pyridine rings is 2. The summed E-state index contributed by atoms with van der Waals surface area (Å²) in [5.41, 5.74) is 2.02. The SMILES string of the molecule is Cc1cc2ncc3ccccc3c2cn1. The van der Waals surface area contributed by atoms with Crippen molar-refractivity contribution in [3.8, 4) is 0 Å². The van der Waals surface area contributed by atoms with Crippen LogP contribution in [0.2, 0.25) is 0 Å². The lowest BCUT2D eigenvalue weighted by Gasteiger charge is -2.02. The summed E-state index contributed by atoms with van der Waals surface area (Å²) < 4.78 is 0. The summed E-state index contributed by atoms with van der Waals surface area (Å²) in [5.74, 6) is 0. The van der Waals surface area contributed by atoms with Crippen LogP contribution in [0.15, 0.2) is 42.7 Å². The minimum Gasteiger partial charge on any atom is -0.261 e. The van der Waals surface area contributed by atoms with E-state index in [1.54, 1.807) is 0 Å². The second kappa shape index (κ2) is 3.02. The predicted molar refractivity (Wildman–Crippen MR) is 61.8 cm³/mol. The normalized spacial score (nSPS) is 11.0. The maximum absolute atomic E-state index is 4.43. The number of aromatic nitrogens is 2. The molecule has 0 saturated heterocycles. The second-order valence-corrected chi connectivity index (χ2v) is 3.69. The Bertz CT molecular complexity index is 644. The minimum atomic E-state index is 1.00. The Hall–Kier alpha value is -1.96. The van der Waals surface area contributed by atoms with Gasteiger partial charge in [0.15, 0.2) is 0 Å². The van der Waals surface area contributed by atoms with Crippen molar-refractivity contribution in [3.63, 3.8) is 0 Å². The minimum absolute atomic E-state index is 1.00. The Kier molecular flexibility index (Phi) is 1.68. The molecule has 0 aliphatic heterocycles. The summed E-state index contributed by atoms with van der Waals surface area (Å²) in [6.07, 6.45) is 3.82. The van der Waals surface area contributed by atoms with Crippen molar-refractivity contribution in [1.29, 1.82) is 0 Å². The van der Waals surface area contributed by atoms with Gasteiger partial charge in [0.1, 0.15) is 0 Å². The first kappa shape index (κ1) is 8.36. The first-order valence-electron chi connectivity index (χ1n) is 4.95. The van der Waals surface area contributed by atoms with Gasteiger partial charge in [-0.3, -0.25) is 9.97 Å². The Labute approximate surface area is 87.6 Å². The molecular weight excluding hydrogens is 184 g/mol. The summed E-state index contributed by atoms with van der Waals surface area (Å²) in [4.78, 5) is 8.75. The monoisotopic (exact) mass is 194 g/mol. The van der Waals surface area contributed by atoms with E-state index in [0.29, 0.717) is 0 Å². The van der Waals surface area contributed by atoms with E-state index >= 15 is 0 Å². The highest BCUT2D eigenvalue weighted by molar-refractivity contribution is 6.04. The molecule has 2 aromatic heterocycles. The number of rotatable bonds is 0. The van der Waals surface area contributed by atoms with Crippen LogP contribution in [-0.2, 0) is 0 Å². The van der Waals surface area contributed by atoms with Crippen LogP contribution in [0.25, 0.3) is 21.7 Å². The fourth-order valence-corrected chi connectivity index (χ4v) is 1.85. The molecule has 2 heteroatoms. The lowest BCUT2D eigenvalue weighted by atomic mass is 10.1. The van der Waals surface area contributed by atoms with Crippen LogP contribution in [0.4, 0.5) is 0 Å². The number of hydrogen-bond acceptors (Lipinski definition) is 2. The molecular formula is C13H10N2. The first-order chi connectivity index (χ1) is 7.34. The van der Waals surface area contributed by atoms with Crippen LogP contribution in [-0.4, -0.2) is 9.97 Å². The third-order valence-corrected chi connectivity index (χ3v) is 2.61. The Balaban J connectivity index is 2.55. The van der Waals surface area contributed by atoms with Crippen molar-refractivity contribution >= 4 is 21.7 Å². The molecule has 3 aromatic rings. The van der Waals surface area contributed by atoms with Crippen molar-refractivity contribution in [1.82, 2.24) is 9.97 Å². The number of aryl methyl sites for hydroxylation is 1. The Morgan fingerprint density at radius 2 is 1.80 bits per heavy atom. The van der Waals surface area contributed by atoms with Gasteiger partial charge in [-0.2, -0.15) is 0 Å². The molecule has 0 bridgehead atoms. The lowest BCUT2D eigenvalue weighted by molar-refractivity contribution is 1.22. The predicted octanol–water partition coefficient (Wildman–Crippen LogP) is 3.09. The van der Waals surface area contributed by atoms with Gasteiger partial charge < -0.3 is 0 Å². The molecule has 0 aliphatic carbocycles. The third kappa shape index (κ3) is 1.26. The van der Waals surface area contributed by atoms with Crippen LogP contribution in [0.3, 0.4) is 0 Å². The maximum atomic E-state index is 4.43.